The third-order valence-electron chi connectivity index (χ3n) is 2.97. The number of benzene rings is 1. The van der Waals surface area contributed by atoms with Gasteiger partial charge in [-0.3, -0.25) is 9.59 Å². The number of carbonyl (C=O) groups excluding carboxylic acids is 2. The predicted octanol–water partition coefficient (Wildman–Crippen LogP) is 2.88. The van der Waals surface area contributed by atoms with Crippen molar-refractivity contribution >= 4 is 46.9 Å². The van der Waals surface area contributed by atoms with Crippen LogP contribution in [0.2, 0.25) is 0 Å². The van der Waals surface area contributed by atoms with Crippen LogP contribution in [0, 0.1) is 3.57 Å². The van der Waals surface area contributed by atoms with Crippen molar-refractivity contribution < 1.29 is 19.1 Å². The average Bonchev–Trinajstić information content (AvgIpc) is 2.82. The van der Waals surface area contributed by atoms with E-state index in [1.807, 2.05) is 35.3 Å². The van der Waals surface area contributed by atoms with E-state index in [2.05, 4.69) is 22.6 Å². The minimum Gasteiger partial charge on any atom is -0.437 e. The molecular formula is C15H18ClIN2O4. The lowest BCUT2D eigenvalue weighted by Gasteiger charge is -2.29. The summed E-state index contributed by atoms with van der Waals surface area (Å²) in [5.74, 6) is -0.423. The van der Waals surface area contributed by atoms with Gasteiger partial charge in [-0.2, -0.15) is 0 Å². The van der Waals surface area contributed by atoms with Gasteiger partial charge in [-0.05, 0) is 40.8 Å². The van der Waals surface area contributed by atoms with E-state index in [9.17, 15) is 9.59 Å². The Labute approximate surface area is 155 Å². The number of rotatable bonds is 4. The lowest BCUT2D eigenvalue weighted by molar-refractivity contribution is -0.155. The van der Waals surface area contributed by atoms with Gasteiger partial charge in [-0.25, -0.2) is 0 Å². The van der Waals surface area contributed by atoms with E-state index in [-0.39, 0.29) is 12.4 Å². The summed E-state index contributed by atoms with van der Waals surface area (Å²) in [5, 5.41) is 0. The molecular weight excluding hydrogens is 435 g/mol. The van der Waals surface area contributed by atoms with Crippen molar-refractivity contribution in [2.24, 2.45) is 0 Å². The minimum absolute atomic E-state index is 0. The molecule has 0 aliphatic carbocycles. The van der Waals surface area contributed by atoms with Crippen LogP contribution >= 0.6 is 35.0 Å². The Morgan fingerprint density at radius 1 is 1.22 bits per heavy atom. The number of halogens is 2. The van der Waals surface area contributed by atoms with Crippen molar-refractivity contribution in [3.63, 3.8) is 0 Å². The second-order valence-electron chi connectivity index (χ2n) is 4.95. The van der Waals surface area contributed by atoms with Crippen LogP contribution in [-0.2, 0) is 14.3 Å². The summed E-state index contributed by atoms with van der Waals surface area (Å²) in [6.07, 6.45) is 3.07. The smallest absolute Gasteiger partial charge is 0.308 e. The highest BCUT2D eigenvalue weighted by molar-refractivity contribution is 14.1. The highest BCUT2D eigenvalue weighted by Gasteiger charge is 2.27. The molecule has 1 heterocycles. The Kier molecular flexibility index (Phi) is 7.14. The predicted molar refractivity (Wildman–Crippen MR) is 95.8 cm³/mol. The molecule has 0 N–H and O–H groups in total. The zero-order valence-corrected chi connectivity index (χ0v) is 16.0. The van der Waals surface area contributed by atoms with Crippen LogP contribution in [-0.4, -0.2) is 35.5 Å². The first-order chi connectivity index (χ1) is 10.4. The van der Waals surface area contributed by atoms with Gasteiger partial charge in [-0.15, -0.1) is 12.4 Å². The molecule has 0 aromatic heterocycles. The van der Waals surface area contributed by atoms with Gasteiger partial charge in [0.05, 0.1) is 12.2 Å². The molecule has 0 saturated heterocycles. The molecule has 0 bridgehead atoms. The van der Waals surface area contributed by atoms with E-state index >= 15 is 0 Å². The zero-order chi connectivity index (χ0) is 16.3. The van der Waals surface area contributed by atoms with E-state index in [0.717, 1.165) is 3.57 Å². The standard InChI is InChI=1S/C15H17IN2O4.ClH/c1-10(19)21-14-8-12(16)4-5-13(14)15(22-11(2)20)18-7-6-17(3)9-18;/h4-8,15H,9H2,1-3H3;1H. The van der Waals surface area contributed by atoms with Crippen molar-refractivity contribution in [1.29, 1.82) is 0 Å². The van der Waals surface area contributed by atoms with Gasteiger partial charge in [-0.1, -0.05) is 0 Å². The quantitative estimate of drug-likeness (QED) is 0.398. The second-order valence-corrected chi connectivity index (χ2v) is 6.19. The van der Waals surface area contributed by atoms with E-state index < -0.39 is 18.2 Å². The molecule has 1 aliphatic heterocycles. The Morgan fingerprint density at radius 3 is 2.43 bits per heavy atom. The van der Waals surface area contributed by atoms with E-state index in [4.69, 9.17) is 9.47 Å². The number of esters is 2. The third kappa shape index (κ3) is 5.28. The number of hydrogen-bond acceptors (Lipinski definition) is 6. The van der Waals surface area contributed by atoms with Crippen LogP contribution < -0.4 is 4.74 Å². The summed E-state index contributed by atoms with van der Waals surface area (Å²) in [4.78, 5) is 26.6. The Hall–Kier alpha value is -1.48. The second kappa shape index (κ2) is 8.39. The number of hydrogen-bond donors (Lipinski definition) is 0. The molecule has 126 valence electrons. The van der Waals surface area contributed by atoms with Gasteiger partial charge in [0.15, 0.2) is 0 Å². The summed E-state index contributed by atoms with van der Waals surface area (Å²) < 4.78 is 11.6. The molecule has 0 fully saturated rings. The van der Waals surface area contributed by atoms with Crippen LogP contribution in [0.3, 0.4) is 0 Å². The van der Waals surface area contributed by atoms with E-state index in [1.54, 1.807) is 12.1 Å². The molecule has 23 heavy (non-hydrogen) atoms. The number of ether oxygens (including phenoxy) is 2. The molecule has 1 aliphatic rings. The van der Waals surface area contributed by atoms with Gasteiger partial charge in [0.25, 0.3) is 0 Å². The highest BCUT2D eigenvalue weighted by atomic mass is 127. The monoisotopic (exact) mass is 452 g/mol. The van der Waals surface area contributed by atoms with Gasteiger partial charge in [0.2, 0.25) is 6.23 Å². The van der Waals surface area contributed by atoms with Crippen molar-refractivity contribution in [1.82, 2.24) is 9.80 Å². The van der Waals surface area contributed by atoms with Crippen LogP contribution in [0.5, 0.6) is 5.75 Å². The zero-order valence-electron chi connectivity index (χ0n) is 13.0. The summed E-state index contributed by atoms with van der Waals surface area (Å²) in [6.45, 7) is 3.27. The molecule has 1 aromatic carbocycles. The van der Waals surface area contributed by atoms with Gasteiger partial charge >= 0.3 is 11.9 Å². The third-order valence-corrected chi connectivity index (χ3v) is 3.64. The van der Waals surface area contributed by atoms with E-state index in [0.29, 0.717) is 18.0 Å². The molecule has 1 atom stereocenters. The van der Waals surface area contributed by atoms with Crippen LogP contribution in [0.25, 0.3) is 0 Å². The SMILES string of the molecule is CC(=O)Oc1cc(I)ccc1C(OC(C)=O)N1C=CN(C)C1.Cl. The Morgan fingerprint density at radius 2 is 1.91 bits per heavy atom. The summed E-state index contributed by atoms with van der Waals surface area (Å²) in [7, 11) is 1.92. The minimum atomic E-state index is -0.648. The normalized spacial score (nSPS) is 14.3. The fourth-order valence-corrected chi connectivity index (χ4v) is 2.59. The summed E-state index contributed by atoms with van der Waals surface area (Å²) in [5.41, 5.74) is 0.630. The van der Waals surface area contributed by atoms with Crippen molar-refractivity contribution in [3.05, 3.63) is 39.7 Å². The number of carbonyl (C=O) groups is 2. The number of nitrogens with zero attached hydrogens (tertiary/aromatic N) is 2. The highest BCUT2D eigenvalue weighted by Crippen LogP contribution is 2.33. The maximum absolute atomic E-state index is 11.5. The van der Waals surface area contributed by atoms with Crippen molar-refractivity contribution in [2.75, 3.05) is 13.7 Å². The largest absolute Gasteiger partial charge is 0.437 e. The van der Waals surface area contributed by atoms with Crippen molar-refractivity contribution in [2.45, 2.75) is 20.1 Å². The fourth-order valence-electron chi connectivity index (χ4n) is 2.13. The topological polar surface area (TPSA) is 59.1 Å². The molecule has 2 rings (SSSR count). The molecule has 0 spiro atoms. The maximum atomic E-state index is 11.5. The lowest BCUT2D eigenvalue weighted by atomic mass is 10.1. The summed E-state index contributed by atoms with van der Waals surface area (Å²) in [6, 6.07) is 5.43. The molecule has 1 unspecified atom stereocenters. The first-order valence-electron chi connectivity index (χ1n) is 6.66. The first kappa shape index (κ1) is 19.6. The van der Waals surface area contributed by atoms with Gasteiger partial charge < -0.3 is 19.3 Å². The average molecular weight is 453 g/mol. The molecule has 0 saturated carbocycles. The molecule has 1 aromatic rings. The van der Waals surface area contributed by atoms with Crippen LogP contribution in [0.1, 0.15) is 25.6 Å². The molecule has 6 nitrogen and oxygen atoms in total. The molecule has 0 amide bonds. The van der Waals surface area contributed by atoms with Crippen LogP contribution in [0.15, 0.2) is 30.6 Å². The maximum Gasteiger partial charge on any atom is 0.308 e. The van der Waals surface area contributed by atoms with E-state index in [1.165, 1.54) is 13.8 Å². The van der Waals surface area contributed by atoms with Gasteiger partial charge in [0.1, 0.15) is 5.75 Å². The lowest BCUT2D eigenvalue weighted by Crippen LogP contribution is -2.30. The van der Waals surface area contributed by atoms with Gasteiger partial charge in [0, 0.05) is 36.9 Å². The Bertz CT molecular complexity index is 623. The van der Waals surface area contributed by atoms with Crippen molar-refractivity contribution in [3.8, 4) is 5.75 Å². The summed E-state index contributed by atoms with van der Waals surface area (Å²) >= 11 is 2.13. The first-order valence-corrected chi connectivity index (χ1v) is 7.74. The van der Waals surface area contributed by atoms with Crippen LogP contribution in [0.4, 0.5) is 0 Å². The molecule has 0 radical (unpaired) electrons. The fraction of sp³-hybridized carbons (Fsp3) is 0.333. The Balaban J connectivity index is 0.00000264. The molecule has 8 heteroatoms.